The Morgan fingerprint density at radius 2 is 2.19 bits per heavy atom. The van der Waals surface area contributed by atoms with Gasteiger partial charge < -0.3 is 20.1 Å². The van der Waals surface area contributed by atoms with Crippen LogP contribution in [0.4, 0.5) is 5.69 Å². The zero-order chi connectivity index (χ0) is 15.2. The summed E-state index contributed by atoms with van der Waals surface area (Å²) in [6.07, 6.45) is 1.74. The van der Waals surface area contributed by atoms with E-state index in [0.29, 0.717) is 24.5 Å². The molecular formula is C16H24N2O3. The van der Waals surface area contributed by atoms with Crippen molar-refractivity contribution in [3.63, 3.8) is 0 Å². The first-order chi connectivity index (χ1) is 10.2. The monoisotopic (exact) mass is 292 g/mol. The number of para-hydroxylation sites is 1. The Hall–Kier alpha value is -1.75. The first kappa shape index (κ1) is 15.6. The van der Waals surface area contributed by atoms with Crippen molar-refractivity contribution in [1.82, 2.24) is 4.90 Å². The molecule has 0 saturated carbocycles. The molecule has 1 aromatic rings. The first-order valence-corrected chi connectivity index (χ1v) is 7.64. The van der Waals surface area contributed by atoms with Gasteiger partial charge in [0.1, 0.15) is 6.61 Å². The average molecular weight is 292 g/mol. The zero-order valence-electron chi connectivity index (χ0n) is 12.8. The molecule has 1 amide bonds. The maximum Gasteiger partial charge on any atom is 0.258 e. The molecule has 1 aliphatic heterocycles. The lowest BCUT2D eigenvalue weighted by Crippen LogP contribution is -2.42. The summed E-state index contributed by atoms with van der Waals surface area (Å²) in [7, 11) is 0. The average Bonchev–Trinajstić information content (AvgIpc) is 2.54. The summed E-state index contributed by atoms with van der Waals surface area (Å²) < 4.78 is 5.68. The highest BCUT2D eigenvalue weighted by atomic mass is 16.5. The van der Waals surface area contributed by atoms with Gasteiger partial charge in [-0.3, -0.25) is 4.79 Å². The Kier molecular flexibility index (Phi) is 5.44. The Bertz CT molecular complexity index is 486. The Morgan fingerprint density at radius 1 is 1.43 bits per heavy atom. The zero-order valence-corrected chi connectivity index (χ0v) is 12.8. The van der Waals surface area contributed by atoms with Crippen LogP contribution in [-0.2, 0) is 0 Å². The number of hydrogen-bond acceptors (Lipinski definition) is 4. The van der Waals surface area contributed by atoms with E-state index in [0.717, 1.165) is 25.1 Å². The summed E-state index contributed by atoms with van der Waals surface area (Å²) >= 11 is 0. The van der Waals surface area contributed by atoms with Gasteiger partial charge in [-0.1, -0.05) is 19.9 Å². The summed E-state index contributed by atoms with van der Waals surface area (Å²) in [5.41, 5.74) is 1.43. The Balaban J connectivity index is 2.32. The second-order valence-corrected chi connectivity index (χ2v) is 5.15. The molecule has 0 spiro atoms. The van der Waals surface area contributed by atoms with Crippen molar-refractivity contribution in [3.8, 4) is 5.75 Å². The SMILES string of the molecule is CCC(CC)N(CCO)C(=O)c1cccc2c1OCCN2. The maximum atomic E-state index is 12.9. The molecule has 1 heterocycles. The summed E-state index contributed by atoms with van der Waals surface area (Å²) in [4.78, 5) is 14.6. The van der Waals surface area contributed by atoms with Crippen molar-refractivity contribution in [1.29, 1.82) is 0 Å². The van der Waals surface area contributed by atoms with Crippen LogP contribution in [-0.4, -0.2) is 48.3 Å². The minimum atomic E-state index is -0.0710. The number of hydrogen-bond donors (Lipinski definition) is 2. The van der Waals surface area contributed by atoms with Crippen LogP contribution in [0.2, 0.25) is 0 Å². The molecule has 0 aromatic heterocycles. The Labute approximate surface area is 125 Å². The summed E-state index contributed by atoms with van der Waals surface area (Å²) in [6, 6.07) is 5.70. The Morgan fingerprint density at radius 3 is 2.86 bits per heavy atom. The lowest BCUT2D eigenvalue weighted by Gasteiger charge is -2.31. The normalized spacial score (nSPS) is 13.3. The van der Waals surface area contributed by atoms with E-state index in [-0.39, 0.29) is 18.6 Å². The first-order valence-electron chi connectivity index (χ1n) is 7.64. The van der Waals surface area contributed by atoms with Gasteiger partial charge >= 0.3 is 0 Å². The molecule has 0 atom stereocenters. The summed E-state index contributed by atoms with van der Waals surface area (Å²) in [6.45, 7) is 5.74. The molecule has 5 nitrogen and oxygen atoms in total. The van der Waals surface area contributed by atoms with Gasteiger partial charge in [-0.2, -0.15) is 0 Å². The van der Waals surface area contributed by atoms with Gasteiger partial charge in [0.15, 0.2) is 5.75 Å². The molecule has 0 unspecified atom stereocenters. The third-order valence-electron chi connectivity index (χ3n) is 3.89. The van der Waals surface area contributed by atoms with Gasteiger partial charge in [-0.05, 0) is 25.0 Å². The van der Waals surface area contributed by atoms with E-state index < -0.39 is 0 Å². The van der Waals surface area contributed by atoms with Crippen LogP contribution < -0.4 is 10.1 Å². The molecule has 5 heteroatoms. The van der Waals surface area contributed by atoms with Crippen LogP contribution in [0.25, 0.3) is 0 Å². The van der Waals surface area contributed by atoms with E-state index in [1.807, 2.05) is 12.1 Å². The standard InChI is InChI=1S/C16H24N2O3/c1-3-12(4-2)18(9-10-19)16(20)13-6-5-7-14-15(13)21-11-8-17-14/h5-7,12,17,19H,3-4,8-11H2,1-2H3. The molecule has 0 aliphatic carbocycles. The van der Waals surface area contributed by atoms with E-state index >= 15 is 0 Å². The molecule has 21 heavy (non-hydrogen) atoms. The van der Waals surface area contributed by atoms with Crippen LogP contribution in [0, 0.1) is 0 Å². The van der Waals surface area contributed by atoms with Crippen LogP contribution in [0.15, 0.2) is 18.2 Å². The van der Waals surface area contributed by atoms with Crippen molar-refractivity contribution in [2.24, 2.45) is 0 Å². The quantitative estimate of drug-likeness (QED) is 0.843. The predicted molar refractivity (Wildman–Crippen MR) is 82.9 cm³/mol. The summed E-state index contributed by atoms with van der Waals surface area (Å²) in [5, 5.41) is 12.5. The van der Waals surface area contributed by atoms with Crippen LogP contribution in [0.1, 0.15) is 37.0 Å². The van der Waals surface area contributed by atoms with Crippen molar-refractivity contribution in [3.05, 3.63) is 23.8 Å². The maximum absolute atomic E-state index is 12.9. The number of carbonyl (C=O) groups is 1. The molecule has 0 bridgehead atoms. The number of nitrogens with zero attached hydrogens (tertiary/aromatic N) is 1. The van der Waals surface area contributed by atoms with E-state index in [1.165, 1.54) is 0 Å². The number of rotatable bonds is 6. The number of amides is 1. The minimum absolute atomic E-state index is 0.0314. The molecule has 2 N–H and O–H groups in total. The third-order valence-corrected chi connectivity index (χ3v) is 3.89. The number of carbonyl (C=O) groups excluding carboxylic acids is 1. The van der Waals surface area contributed by atoms with Gasteiger partial charge in [0.25, 0.3) is 5.91 Å². The highest BCUT2D eigenvalue weighted by molar-refractivity contribution is 5.99. The van der Waals surface area contributed by atoms with Crippen molar-refractivity contribution < 1.29 is 14.6 Å². The van der Waals surface area contributed by atoms with Crippen LogP contribution >= 0.6 is 0 Å². The van der Waals surface area contributed by atoms with Gasteiger partial charge in [-0.15, -0.1) is 0 Å². The largest absolute Gasteiger partial charge is 0.489 e. The van der Waals surface area contributed by atoms with E-state index in [4.69, 9.17) is 4.74 Å². The van der Waals surface area contributed by atoms with E-state index in [2.05, 4.69) is 19.2 Å². The number of anilines is 1. The van der Waals surface area contributed by atoms with Gasteiger partial charge in [0, 0.05) is 19.1 Å². The third kappa shape index (κ3) is 3.29. The van der Waals surface area contributed by atoms with Gasteiger partial charge in [0.2, 0.25) is 0 Å². The van der Waals surface area contributed by atoms with Crippen LogP contribution in [0.5, 0.6) is 5.75 Å². The fourth-order valence-electron chi connectivity index (χ4n) is 2.78. The molecule has 1 aromatic carbocycles. The van der Waals surface area contributed by atoms with E-state index in [9.17, 15) is 9.90 Å². The smallest absolute Gasteiger partial charge is 0.258 e. The number of benzene rings is 1. The second-order valence-electron chi connectivity index (χ2n) is 5.15. The van der Waals surface area contributed by atoms with Crippen molar-refractivity contribution >= 4 is 11.6 Å². The van der Waals surface area contributed by atoms with Crippen molar-refractivity contribution in [2.45, 2.75) is 32.7 Å². The number of aliphatic hydroxyl groups is 1. The second kappa shape index (κ2) is 7.31. The predicted octanol–water partition coefficient (Wildman–Crippen LogP) is 2.11. The highest BCUT2D eigenvalue weighted by Gasteiger charge is 2.26. The van der Waals surface area contributed by atoms with E-state index in [1.54, 1.807) is 11.0 Å². The lowest BCUT2D eigenvalue weighted by molar-refractivity contribution is 0.0618. The number of fused-ring (bicyclic) bond motifs is 1. The summed E-state index contributed by atoms with van der Waals surface area (Å²) in [5.74, 6) is 0.556. The molecule has 0 radical (unpaired) electrons. The topological polar surface area (TPSA) is 61.8 Å². The number of ether oxygens (including phenoxy) is 1. The molecule has 0 saturated heterocycles. The fourth-order valence-corrected chi connectivity index (χ4v) is 2.78. The van der Waals surface area contributed by atoms with Gasteiger partial charge in [0.05, 0.1) is 17.9 Å². The van der Waals surface area contributed by atoms with Gasteiger partial charge in [-0.25, -0.2) is 0 Å². The fraction of sp³-hybridized carbons (Fsp3) is 0.562. The highest BCUT2D eigenvalue weighted by Crippen LogP contribution is 2.32. The van der Waals surface area contributed by atoms with Crippen LogP contribution in [0.3, 0.4) is 0 Å². The molecule has 116 valence electrons. The molecule has 1 aliphatic rings. The molecule has 2 rings (SSSR count). The number of aliphatic hydroxyl groups excluding tert-OH is 1. The number of nitrogens with one attached hydrogen (secondary N) is 1. The van der Waals surface area contributed by atoms with Crippen molar-refractivity contribution in [2.75, 3.05) is 31.6 Å². The minimum Gasteiger partial charge on any atom is -0.489 e. The molecule has 0 fully saturated rings. The molecular weight excluding hydrogens is 268 g/mol. The lowest BCUT2D eigenvalue weighted by atomic mass is 10.1.